The second-order valence-electron chi connectivity index (χ2n) is 2.82. The van der Waals surface area contributed by atoms with Crippen molar-refractivity contribution in [2.45, 2.75) is 6.18 Å². The van der Waals surface area contributed by atoms with Crippen molar-refractivity contribution in [2.24, 2.45) is 0 Å². The molecule has 0 spiro atoms. The first-order valence-corrected chi connectivity index (χ1v) is 4.78. The molecule has 0 heterocycles. The lowest BCUT2D eigenvalue weighted by atomic mass is 10.1. The van der Waals surface area contributed by atoms with Crippen LogP contribution in [0, 0.1) is 5.41 Å². The maximum atomic E-state index is 12.6. The van der Waals surface area contributed by atoms with Gasteiger partial charge in [0.25, 0.3) is 0 Å². The summed E-state index contributed by atoms with van der Waals surface area (Å²) in [5.41, 5.74) is -1.48. The maximum absolute atomic E-state index is 12.6. The van der Waals surface area contributed by atoms with E-state index >= 15 is 0 Å². The molecule has 0 radical (unpaired) electrons. The lowest BCUT2D eigenvalue weighted by Gasteiger charge is -2.10. The molecule has 0 aliphatic heterocycles. The quantitative estimate of drug-likeness (QED) is 0.498. The predicted octanol–water partition coefficient (Wildman–Crippen LogP) is 2.47. The summed E-state index contributed by atoms with van der Waals surface area (Å²) in [6, 6.07) is 3.09. The highest BCUT2D eigenvalue weighted by Gasteiger charge is 2.37. The summed E-state index contributed by atoms with van der Waals surface area (Å²) in [4.78, 5) is 0. The SMILES string of the molecule is COc1ccc(C(=N)[S+]=O)c(C(F)(F)F)c1. The molecule has 0 atom stereocenters. The zero-order valence-electron chi connectivity index (χ0n) is 8.09. The van der Waals surface area contributed by atoms with Crippen LogP contribution in [0.1, 0.15) is 11.1 Å². The molecular formula is C9H7F3NO2S+. The third kappa shape index (κ3) is 2.54. The van der Waals surface area contributed by atoms with Gasteiger partial charge in [0.05, 0.1) is 18.2 Å². The van der Waals surface area contributed by atoms with Crippen LogP contribution in [-0.2, 0) is 22.1 Å². The van der Waals surface area contributed by atoms with Gasteiger partial charge in [-0.05, 0) is 18.2 Å². The molecule has 0 aliphatic rings. The number of alkyl halides is 3. The predicted molar refractivity (Wildman–Crippen MR) is 52.9 cm³/mol. The Morgan fingerprint density at radius 1 is 1.44 bits per heavy atom. The minimum atomic E-state index is -4.62. The Bertz CT molecular complexity index is 431. The molecule has 0 saturated carbocycles. The molecule has 1 N–H and O–H groups in total. The van der Waals surface area contributed by atoms with E-state index in [0.29, 0.717) is 0 Å². The van der Waals surface area contributed by atoms with Crippen LogP contribution in [-0.4, -0.2) is 12.2 Å². The van der Waals surface area contributed by atoms with Crippen LogP contribution >= 0.6 is 0 Å². The average Bonchev–Trinajstić information content (AvgIpc) is 2.26. The smallest absolute Gasteiger partial charge is 0.497 e. The van der Waals surface area contributed by atoms with Gasteiger partial charge in [0, 0.05) is 4.21 Å². The van der Waals surface area contributed by atoms with Crippen LogP contribution in [0.25, 0.3) is 0 Å². The fourth-order valence-electron chi connectivity index (χ4n) is 1.13. The molecule has 0 aromatic heterocycles. The molecule has 3 nitrogen and oxygen atoms in total. The second-order valence-corrected chi connectivity index (χ2v) is 3.40. The number of hydrogen-bond acceptors (Lipinski definition) is 3. The van der Waals surface area contributed by atoms with Crippen LogP contribution < -0.4 is 4.74 Å². The van der Waals surface area contributed by atoms with Crippen molar-refractivity contribution in [2.75, 3.05) is 7.11 Å². The van der Waals surface area contributed by atoms with E-state index in [0.717, 1.165) is 12.1 Å². The number of halogens is 3. The standard InChI is InChI=1S/C9H7F3NO2S/c1-15-5-2-3-6(8(13)16-14)7(4-5)9(10,11)12/h2-4,13H,1H3/q+1. The molecule has 0 unspecified atom stereocenters. The number of ether oxygens (including phenoxy) is 1. The van der Waals surface area contributed by atoms with E-state index in [1.165, 1.54) is 13.2 Å². The maximum Gasteiger partial charge on any atom is 0.527 e. The summed E-state index contributed by atoms with van der Waals surface area (Å²) < 4.78 is 52.8. The van der Waals surface area contributed by atoms with Gasteiger partial charge in [-0.1, -0.05) is 0 Å². The number of methoxy groups -OCH3 is 1. The summed E-state index contributed by atoms with van der Waals surface area (Å²) in [7, 11) is 1.24. The molecule has 0 aliphatic carbocycles. The van der Waals surface area contributed by atoms with Gasteiger partial charge >= 0.3 is 22.9 Å². The van der Waals surface area contributed by atoms with Crippen molar-refractivity contribution in [3.05, 3.63) is 29.3 Å². The van der Waals surface area contributed by atoms with Crippen molar-refractivity contribution in [1.29, 1.82) is 5.41 Å². The molecule has 0 saturated heterocycles. The Morgan fingerprint density at radius 3 is 2.50 bits per heavy atom. The fraction of sp³-hybridized carbons (Fsp3) is 0.222. The highest BCUT2D eigenvalue weighted by Crippen LogP contribution is 2.34. The summed E-state index contributed by atoms with van der Waals surface area (Å²) >= 11 is -0.286. The van der Waals surface area contributed by atoms with Crippen LogP contribution in [0.15, 0.2) is 18.2 Å². The largest absolute Gasteiger partial charge is 0.527 e. The Morgan fingerprint density at radius 2 is 2.06 bits per heavy atom. The third-order valence-electron chi connectivity index (χ3n) is 1.86. The number of rotatable bonds is 2. The molecule has 0 bridgehead atoms. The van der Waals surface area contributed by atoms with E-state index in [2.05, 4.69) is 4.74 Å². The van der Waals surface area contributed by atoms with E-state index in [4.69, 9.17) is 5.41 Å². The van der Waals surface area contributed by atoms with Gasteiger partial charge in [-0.2, -0.15) is 13.2 Å². The van der Waals surface area contributed by atoms with E-state index < -0.39 is 22.3 Å². The number of hydrogen-bond donors (Lipinski definition) is 1. The number of nitrogens with one attached hydrogen (secondary N) is 1. The first-order valence-electron chi connectivity index (χ1n) is 4.04. The Balaban J connectivity index is 3.39. The van der Waals surface area contributed by atoms with E-state index in [1.807, 2.05) is 0 Å². The van der Waals surface area contributed by atoms with Crippen LogP contribution in [0.4, 0.5) is 13.2 Å². The van der Waals surface area contributed by atoms with Gasteiger partial charge < -0.3 is 4.74 Å². The summed E-state index contributed by atoms with van der Waals surface area (Å²) in [5, 5.41) is 6.47. The lowest BCUT2D eigenvalue weighted by Crippen LogP contribution is -2.12. The van der Waals surface area contributed by atoms with Gasteiger partial charge in [0.2, 0.25) is 0 Å². The molecule has 7 heteroatoms. The van der Waals surface area contributed by atoms with Gasteiger partial charge in [0.1, 0.15) is 5.75 Å². The van der Waals surface area contributed by atoms with Crippen molar-refractivity contribution in [3.63, 3.8) is 0 Å². The first kappa shape index (κ1) is 12.6. The molecule has 86 valence electrons. The first-order chi connectivity index (χ1) is 7.40. The monoisotopic (exact) mass is 250 g/mol. The van der Waals surface area contributed by atoms with Crippen LogP contribution in [0.2, 0.25) is 0 Å². The van der Waals surface area contributed by atoms with Crippen molar-refractivity contribution in [1.82, 2.24) is 0 Å². The topological polar surface area (TPSA) is 50.1 Å². The van der Waals surface area contributed by atoms with Crippen molar-refractivity contribution < 1.29 is 22.1 Å². The molecule has 1 aromatic rings. The van der Waals surface area contributed by atoms with E-state index in [1.54, 1.807) is 0 Å². The normalized spacial score (nSPS) is 11.0. The number of benzene rings is 1. The fourth-order valence-corrected chi connectivity index (χ4v) is 1.40. The van der Waals surface area contributed by atoms with Crippen LogP contribution in [0.3, 0.4) is 0 Å². The lowest BCUT2D eigenvalue weighted by molar-refractivity contribution is -0.137. The summed E-state index contributed by atoms with van der Waals surface area (Å²) in [6.07, 6.45) is -4.62. The zero-order valence-corrected chi connectivity index (χ0v) is 8.91. The minimum absolute atomic E-state index is 0.0276. The molecule has 0 fully saturated rings. The van der Waals surface area contributed by atoms with Gasteiger partial charge in [0.15, 0.2) is 0 Å². The molecule has 16 heavy (non-hydrogen) atoms. The Kier molecular flexibility index (Phi) is 3.58. The van der Waals surface area contributed by atoms with E-state index in [-0.39, 0.29) is 17.4 Å². The molecule has 1 aromatic carbocycles. The third-order valence-corrected chi connectivity index (χ3v) is 2.25. The van der Waals surface area contributed by atoms with E-state index in [9.17, 15) is 17.4 Å². The zero-order chi connectivity index (χ0) is 12.3. The molecular weight excluding hydrogens is 243 g/mol. The molecule has 1 rings (SSSR count). The minimum Gasteiger partial charge on any atom is -0.497 e. The summed E-state index contributed by atoms with van der Waals surface area (Å²) in [5.74, 6) is 0.0276. The Labute approximate surface area is 93.2 Å². The highest BCUT2D eigenvalue weighted by atomic mass is 32.1. The van der Waals surface area contributed by atoms with Crippen molar-refractivity contribution >= 4 is 16.7 Å². The summed E-state index contributed by atoms with van der Waals surface area (Å²) in [6.45, 7) is 0. The Hall–Kier alpha value is -1.50. The molecule has 0 amide bonds. The second kappa shape index (κ2) is 4.56. The highest BCUT2D eigenvalue weighted by molar-refractivity contribution is 7.84. The van der Waals surface area contributed by atoms with Crippen LogP contribution in [0.5, 0.6) is 5.75 Å². The van der Waals surface area contributed by atoms with Gasteiger partial charge in [-0.25, -0.2) is 5.41 Å². The van der Waals surface area contributed by atoms with Crippen molar-refractivity contribution in [3.8, 4) is 5.75 Å². The van der Waals surface area contributed by atoms with Gasteiger partial charge in [-0.15, -0.1) is 0 Å². The van der Waals surface area contributed by atoms with Gasteiger partial charge in [-0.3, -0.25) is 0 Å². The average molecular weight is 250 g/mol.